The third kappa shape index (κ3) is 3.05. The average molecular weight is 286 g/mol. The molecule has 0 spiro atoms. The van der Waals surface area contributed by atoms with E-state index in [0.717, 1.165) is 10.7 Å². The molecular weight excluding hydrogens is 273 g/mol. The molecule has 0 aliphatic heterocycles. The Morgan fingerprint density at radius 3 is 2.89 bits per heavy atom. The molecule has 1 atom stereocenters. The van der Waals surface area contributed by atoms with Gasteiger partial charge in [0.05, 0.1) is 11.0 Å². The van der Waals surface area contributed by atoms with Crippen molar-refractivity contribution in [2.45, 2.75) is 19.4 Å². The molecule has 0 saturated carbocycles. The van der Waals surface area contributed by atoms with Crippen molar-refractivity contribution in [3.63, 3.8) is 0 Å². The highest BCUT2D eigenvalue weighted by atomic mass is 35.5. The lowest BCUT2D eigenvalue weighted by molar-refractivity contribution is 0.510. The van der Waals surface area contributed by atoms with E-state index in [2.05, 4.69) is 10.4 Å². The largest absolute Gasteiger partial charge is 0.271 e. The standard InChI is InChI=1S/C12H13ClFN3S/c1-7-6-18-12(16-7)5-11(17-15)9-3-2-8(13)4-10(9)14/h2-4,6,11,17H,5,15H2,1H3. The Morgan fingerprint density at radius 2 is 2.33 bits per heavy atom. The van der Waals surface area contributed by atoms with Gasteiger partial charge in [-0.25, -0.2) is 9.37 Å². The zero-order valence-electron chi connectivity index (χ0n) is 9.78. The van der Waals surface area contributed by atoms with Crippen LogP contribution in [0, 0.1) is 12.7 Å². The molecule has 3 N–H and O–H groups in total. The number of nitrogens with one attached hydrogen (secondary N) is 1. The molecule has 3 nitrogen and oxygen atoms in total. The van der Waals surface area contributed by atoms with Crippen LogP contribution in [0.25, 0.3) is 0 Å². The lowest BCUT2D eigenvalue weighted by Gasteiger charge is -2.15. The van der Waals surface area contributed by atoms with E-state index in [1.165, 1.54) is 6.07 Å². The molecule has 0 amide bonds. The van der Waals surface area contributed by atoms with E-state index in [1.54, 1.807) is 23.5 Å². The number of nitrogens with zero attached hydrogens (tertiary/aromatic N) is 1. The maximum atomic E-state index is 13.8. The van der Waals surface area contributed by atoms with E-state index in [9.17, 15) is 4.39 Å². The normalized spacial score (nSPS) is 12.7. The zero-order valence-corrected chi connectivity index (χ0v) is 11.4. The quantitative estimate of drug-likeness (QED) is 0.671. The fourth-order valence-corrected chi connectivity index (χ4v) is 2.69. The van der Waals surface area contributed by atoms with E-state index in [0.29, 0.717) is 17.0 Å². The number of hydrazine groups is 1. The summed E-state index contributed by atoms with van der Waals surface area (Å²) in [5, 5.41) is 3.25. The van der Waals surface area contributed by atoms with Gasteiger partial charge in [-0.2, -0.15) is 0 Å². The zero-order chi connectivity index (χ0) is 13.1. The van der Waals surface area contributed by atoms with Gasteiger partial charge in [0.25, 0.3) is 0 Å². The van der Waals surface area contributed by atoms with Crippen LogP contribution in [-0.2, 0) is 6.42 Å². The third-order valence-corrected chi connectivity index (χ3v) is 3.81. The minimum Gasteiger partial charge on any atom is -0.271 e. The van der Waals surface area contributed by atoms with Gasteiger partial charge in [-0.05, 0) is 19.1 Å². The first kappa shape index (κ1) is 13.4. The number of nitrogens with two attached hydrogens (primary N) is 1. The maximum Gasteiger partial charge on any atom is 0.129 e. The molecule has 1 unspecified atom stereocenters. The average Bonchev–Trinajstić information content (AvgIpc) is 2.72. The van der Waals surface area contributed by atoms with Crippen molar-refractivity contribution in [2.75, 3.05) is 0 Å². The van der Waals surface area contributed by atoms with Crippen LogP contribution < -0.4 is 11.3 Å². The number of thiazole rings is 1. The summed E-state index contributed by atoms with van der Waals surface area (Å²) in [6, 6.07) is 4.27. The first-order chi connectivity index (χ1) is 8.60. The summed E-state index contributed by atoms with van der Waals surface area (Å²) in [4.78, 5) is 4.35. The highest BCUT2D eigenvalue weighted by molar-refractivity contribution is 7.09. The van der Waals surface area contributed by atoms with Crippen LogP contribution in [0.3, 0.4) is 0 Å². The topological polar surface area (TPSA) is 50.9 Å². The highest BCUT2D eigenvalue weighted by Crippen LogP contribution is 2.24. The van der Waals surface area contributed by atoms with E-state index in [1.807, 2.05) is 12.3 Å². The first-order valence-electron chi connectivity index (χ1n) is 5.42. The summed E-state index contributed by atoms with van der Waals surface area (Å²) in [5.41, 5.74) is 4.08. The van der Waals surface area contributed by atoms with Gasteiger partial charge >= 0.3 is 0 Å². The van der Waals surface area contributed by atoms with Crippen LogP contribution in [0.2, 0.25) is 5.02 Å². The minimum absolute atomic E-state index is 0.312. The number of hydrogen-bond acceptors (Lipinski definition) is 4. The molecule has 0 bridgehead atoms. The van der Waals surface area contributed by atoms with Gasteiger partial charge in [-0.3, -0.25) is 11.3 Å². The fraction of sp³-hybridized carbons (Fsp3) is 0.250. The van der Waals surface area contributed by atoms with Gasteiger partial charge in [0.1, 0.15) is 5.82 Å². The Morgan fingerprint density at radius 1 is 1.56 bits per heavy atom. The Kier molecular flexibility index (Phi) is 4.29. The van der Waals surface area contributed by atoms with Crippen LogP contribution in [-0.4, -0.2) is 4.98 Å². The Bertz CT molecular complexity index is 544. The van der Waals surface area contributed by atoms with Gasteiger partial charge in [0.2, 0.25) is 0 Å². The highest BCUT2D eigenvalue weighted by Gasteiger charge is 2.16. The van der Waals surface area contributed by atoms with Crippen molar-refractivity contribution in [2.24, 2.45) is 5.84 Å². The summed E-state index contributed by atoms with van der Waals surface area (Å²) in [5.74, 6) is 5.13. The molecule has 0 radical (unpaired) electrons. The molecule has 1 aromatic carbocycles. The van der Waals surface area contributed by atoms with Crippen molar-refractivity contribution >= 4 is 22.9 Å². The van der Waals surface area contributed by atoms with Gasteiger partial charge in [0, 0.05) is 28.1 Å². The van der Waals surface area contributed by atoms with Crippen molar-refractivity contribution in [3.8, 4) is 0 Å². The van der Waals surface area contributed by atoms with Gasteiger partial charge in [-0.1, -0.05) is 17.7 Å². The van der Waals surface area contributed by atoms with Crippen LogP contribution >= 0.6 is 22.9 Å². The monoisotopic (exact) mass is 285 g/mol. The second-order valence-corrected chi connectivity index (χ2v) is 5.35. The van der Waals surface area contributed by atoms with Crippen LogP contribution in [0.15, 0.2) is 23.6 Å². The smallest absolute Gasteiger partial charge is 0.129 e. The van der Waals surface area contributed by atoms with Crippen molar-refractivity contribution < 1.29 is 4.39 Å². The lowest BCUT2D eigenvalue weighted by atomic mass is 10.0. The first-order valence-corrected chi connectivity index (χ1v) is 6.68. The molecule has 1 aromatic heterocycles. The number of rotatable bonds is 4. The predicted molar refractivity (Wildman–Crippen MR) is 72.0 cm³/mol. The molecule has 2 aromatic rings. The van der Waals surface area contributed by atoms with Crippen molar-refractivity contribution in [1.29, 1.82) is 0 Å². The molecule has 0 saturated heterocycles. The van der Waals surface area contributed by atoms with E-state index in [4.69, 9.17) is 17.4 Å². The number of aryl methyl sites for hydroxylation is 1. The molecule has 0 aliphatic carbocycles. The maximum absolute atomic E-state index is 13.8. The number of halogens is 2. The molecule has 1 heterocycles. The molecule has 0 fully saturated rings. The molecule has 2 rings (SSSR count). The molecule has 0 aliphatic rings. The number of benzene rings is 1. The summed E-state index contributed by atoms with van der Waals surface area (Å²) in [6.45, 7) is 1.92. The summed E-state index contributed by atoms with van der Waals surface area (Å²) >= 11 is 7.27. The fourth-order valence-electron chi connectivity index (χ4n) is 1.71. The molecule has 6 heteroatoms. The van der Waals surface area contributed by atoms with E-state index in [-0.39, 0.29) is 11.9 Å². The minimum atomic E-state index is -0.362. The Balaban J connectivity index is 2.22. The van der Waals surface area contributed by atoms with Crippen LogP contribution in [0.1, 0.15) is 22.3 Å². The predicted octanol–water partition coefficient (Wildman–Crippen LogP) is 2.99. The van der Waals surface area contributed by atoms with Gasteiger partial charge in [-0.15, -0.1) is 11.3 Å². The van der Waals surface area contributed by atoms with Crippen molar-refractivity contribution in [1.82, 2.24) is 10.4 Å². The lowest BCUT2D eigenvalue weighted by Crippen LogP contribution is -2.30. The second kappa shape index (κ2) is 5.75. The summed E-state index contributed by atoms with van der Waals surface area (Å²) in [7, 11) is 0. The van der Waals surface area contributed by atoms with Crippen LogP contribution in [0.5, 0.6) is 0 Å². The molecule has 96 valence electrons. The summed E-state index contributed by atoms with van der Waals surface area (Å²) < 4.78 is 13.8. The Hall–Kier alpha value is -1.01. The van der Waals surface area contributed by atoms with Gasteiger partial charge in [0.15, 0.2) is 0 Å². The third-order valence-electron chi connectivity index (χ3n) is 2.58. The number of hydrogen-bond donors (Lipinski definition) is 2. The molecular formula is C12H13ClFN3S. The summed E-state index contributed by atoms with van der Waals surface area (Å²) in [6.07, 6.45) is 0.549. The SMILES string of the molecule is Cc1csc(CC(NN)c2ccc(Cl)cc2F)n1. The molecule has 18 heavy (non-hydrogen) atoms. The number of aromatic nitrogens is 1. The van der Waals surface area contributed by atoms with E-state index < -0.39 is 0 Å². The van der Waals surface area contributed by atoms with Crippen LogP contribution in [0.4, 0.5) is 4.39 Å². The Labute approximate surface area is 114 Å². The van der Waals surface area contributed by atoms with Gasteiger partial charge < -0.3 is 0 Å². The van der Waals surface area contributed by atoms with Crippen molar-refractivity contribution in [3.05, 3.63) is 50.7 Å². The second-order valence-electron chi connectivity index (χ2n) is 3.97. The van der Waals surface area contributed by atoms with E-state index >= 15 is 0 Å².